The second-order valence-electron chi connectivity index (χ2n) is 9.04. The summed E-state index contributed by atoms with van der Waals surface area (Å²) in [7, 11) is 0. The van der Waals surface area contributed by atoms with Crippen LogP contribution in [0.3, 0.4) is 0 Å². The summed E-state index contributed by atoms with van der Waals surface area (Å²) in [6, 6.07) is 23.4. The van der Waals surface area contributed by atoms with E-state index in [1.165, 1.54) is 19.3 Å². The Balaban J connectivity index is 0.00000141. The average molecular weight is 471 g/mol. The summed E-state index contributed by atoms with van der Waals surface area (Å²) in [6.07, 6.45) is 5.74. The molecule has 35 heavy (non-hydrogen) atoms. The smallest absolute Gasteiger partial charge is 0.256 e. The number of benzene rings is 3. The van der Waals surface area contributed by atoms with Crippen LogP contribution in [0.2, 0.25) is 0 Å². The lowest BCUT2D eigenvalue weighted by molar-refractivity contribution is 0.0445. The van der Waals surface area contributed by atoms with Gasteiger partial charge in [-0.05, 0) is 49.1 Å². The van der Waals surface area contributed by atoms with Gasteiger partial charge in [0, 0.05) is 28.8 Å². The molecule has 0 bridgehead atoms. The van der Waals surface area contributed by atoms with Crippen LogP contribution in [0.15, 0.2) is 78.9 Å². The first-order valence-corrected chi connectivity index (χ1v) is 12.7. The highest BCUT2D eigenvalue weighted by Gasteiger charge is 2.52. The van der Waals surface area contributed by atoms with E-state index in [4.69, 9.17) is 0 Å². The van der Waals surface area contributed by atoms with Crippen molar-refractivity contribution in [3.05, 3.63) is 101 Å². The fraction of sp³-hybridized carbons (Fsp3) is 0.333. The van der Waals surface area contributed by atoms with Crippen LogP contribution in [0.4, 0.5) is 0 Å². The number of carbonyl (C=O) groups is 2. The monoisotopic (exact) mass is 470 g/mol. The zero-order valence-electron chi connectivity index (χ0n) is 20.5. The normalized spacial score (nSPS) is 19.5. The number of amides is 2. The predicted molar refractivity (Wildman–Crippen MR) is 138 cm³/mol. The molecule has 5 nitrogen and oxygen atoms in total. The molecule has 1 aliphatic heterocycles. The molecule has 0 radical (unpaired) electrons. The number of carbonyl (C=O) groups excluding carboxylic acids is 2. The summed E-state index contributed by atoms with van der Waals surface area (Å²) < 4.78 is 0. The van der Waals surface area contributed by atoms with Gasteiger partial charge >= 0.3 is 0 Å². The molecular weight excluding hydrogens is 436 g/mol. The van der Waals surface area contributed by atoms with Gasteiger partial charge in [0.1, 0.15) is 5.75 Å². The Labute approximate surface area is 207 Å². The lowest BCUT2D eigenvalue weighted by atomic mass is 9.86. The van der Waals surface area contributed by atoms with Crippen molar-refractivity contribution in [1.29, 1.82) is 0 Å². The van der Waals surface area contributed by atoms with Gasteiger partial charge in [-0.2, -0.15) is 0 Å². The molecule has 1 fully saturated rings. The average Bonchev–Trinajstić information content (AvgIpc) is 3.15. The quantitative estimate of drug-likeness (QED) is 0.474. The van der Waals surface area contributed by atoms with E-state index in [-0.39, 0.29) is 17.6 Å². The molecule has 5 heteroatoms. The molecule has 1 saturated carbocycles. The Morgan fingerprint density at radius 1 is 0.914 bits per heavy atom. The van der Waals surface area contributed by atoms with Crippen LogP contribution in [-0.4, -0.2) is 28.4 Å². The van der Waals surface area contributed by atoms with Crippen molar-refractivity contribution >= 4 is 11.8 Å². The maximum atomic E-state index is 13.8. The molecule has 5 rings (SSSR count). The minimum atomic E-state index is -1.15. The third kappa shape index (κ3) is 4.68. The number of phenols is 1. The van der Waals surface area contributed by atoms with Crippen LogP contribution < -0.4 is 5.32 Å². The Morgan fingerprint density at radius 3 is 2.23 bits per heavy atom. The van der Waals surface area contributed by atoms with Crippen molar-refractivity contribution in [2.45, 2.75) is 51.6 Å². The maximum absolute atomic E-state index is 13.8. The van der Waals surface area contributed by atoms with E-state index < -0.39 is 5.66 Å². The molecule has 0 saturated heterocycles. The first kappa shape index (κ1) is 24.5. The van der Waals surface area contributed by atoms with Crippen LogP contribution in [0.5, 0.6) is 5.75 Å². The molecule has 3 aromatic carbocycles. The fourth-order valence-corrected chi connectivity index (χ4v) is 5.32. The molecular formula is C30H34N2O3. The van der Waals surface area contributed by atoms with Crippen LogP contribution in [0, 0.1) is 5.92 Å². The van der Waals surface area contributed by atoms with E-state index in [2.05, 4.69) is 5.32 Å². The minimum absolute atomic E-state index is 0.0717. The zero-order valence-corrected chi connectivity index (χ0v) is 20.5. The number of aromatic hydroxyl groups is 1. The molecule has 2 amide bonds. The van der Waals surface area contributed by atoms with Gasteiger partial charge in [0.05, 0.1) is 0 Å². The van der Waals surface area contributed by atoms with E-state index in [1.807, 2.05) is 61.2 Å². The van der Waals surface area contributed by atoms with Gasteiger partial charge in [-0.15, -0.1) is 0 Å². The number of fused-ring (bicyclic) bond motifs is 1. The van der Waals surface area contributed by atoms with Crippen molar-refractivity contribution in [1.82, 2.24) is 10.2 Å². The zero-order chi connectivity index (χ0) is 24.8. The Morgan fingerprint density at radius 2 is 1.54 bits per heavy atom. The molecule has 0 spiro atoms. The largest absolute Gasteiger partial charge is 0.508 e. The summed E-state index contributed by atoms with van der Waals surface area (Å²) in [4.78, 5) is 29.1. The van der Waals surface area contributed by atoms with E-state index in [0.29, 0.717) is 23.6 Å². The number of nitrogens with zero attached hydrogens (tertiary/aromatic N) is 1. The van der Waals surface area contributed by atoms with Crippen LogP contribution in [0.1, 0.15) is 77.8 Å². The lowest BCUT2D eigenvalue weighted by Crippen LogP contribution is -2.58. The van der Waals surface area contributed by atoms with Crippen molar-refractivity contribution in [2.75, 3.05) is 6.54 Å². The third-order valence-corrected chi connectivity index (χ3v) is 6.98. The second-order valence-corrected chi connectivity index (χ2v) is 9.04. The molecule has 182 valence electrons. The highest BCUT2D eigenvalue weighted by molar-refractivity contribution is 6.03. The van der Waals surface area contributed by atoms with Crippen molar-refractivity contribution < 1.29 is 14.7 Å². The maximum Gasteiger partial charge on any atom is 0.256 e. The van der Waals surface area contributed by atoms with Crippen molar-refractivity contribution in [3.8, 4) is 5.75 Å². The summed E-state index contributed by atoms with van der Waals surface area (Å²) in [5, 5.41) is 13.2. The number of rotatable bonds is 5. The lowest BCUT2D eigenvalue weighted by Gasteiger charge is -2.42. The molecule has 0 aromatic heterocycles. The fourth-order valence-electron chi connectivity index (χ4n) is 5.32. The van der Waals surface area contributed by atoms with Gasteiger partial charge in [0.15, 0.2) is 5.66 Å². The van der Waals surface area contributed by atoms with E-state index >= 15 is 0 Å². The van der Waals surface area contributed by atoms with E-state index in [1.54, 1.807) is 36.4 Å². The summed E-state index contributed by atoms with van der Waals surface area (Å²) in [5.41, 5.74) is 1.51. The van der Waals surface area contributed by atoms with Gasteiger partial charge < -0.3 is 15.3 Å². The predicted octanol–water partition coefficient (Wildman–Crippen LogP) is 6.09. The van der Waals surface area contributed by atoms with Crippen LogP contribution >= 0.6 is 0 Å². The molecule has 1 aliphatic carbocycles. The number of nitrogens with one attached hydrogen (secondary N) is 1. The molecule has 3 aromatic rings. The van der Waals surface area contributed by atoms with Crippen LogP contribution in [-0.2, 0) is 5.66 Å². The van der Waals surface area contributed by atoms with Gasteiger partial charge in [0.2, 0.25) is 0 Å². The van der Waals surface area contributed by atoms with E-state index in [9.17, 15) is 14.7 Å². The minimum Gasteiger partial charge on any atom is -0.508 e. The highest BCUT2D eigenvalue weighted by atomic mass is 16.3. The SMILES string of the molecule is CC.O=C(NC1(c2ccc(O)cc2)c2ccccc2C(=O)N1CC1CCCCC1)c1ccccc1. The third-order valence-electron chi connectivity index (χ3n) is 6.98. The van der Waals surface area contributed by atoms with Gasteiger partial charge in [-0.25, -0.2) is 0 Å². The van der Waals surface area contributed by atoms with Gasteiger partial charge in [-0.3, -0.25) is 9.59 Å². The molecule has 1 atom stereocenters. The first-order chi connectivity index (χ1) is 17.1. The summed E-state index contributed by atoms with van der Waals surface area (Å²) in [5.74, 6) is 0.210. The Hall–Kier alpha value is -3.60. The summed E-state index contributed by atoms with van der Waals surface area (Å²) >= 11 is 0. The second kappa shape index (κ2) is 10.8. The molecule has 1 heterocycles. The van der Waals surface area contributed by atoms with Gasteiger partial charge in [0.25, 0.3) is 11.8 Å². The molecule has 2 aliphatic rings. The van der Waals surface area contributed by atoms with E-state index in [0.717, 1.165) is 24.0 Å². The highest BCUT2D eigenvalue weighted by Crippen LogP contribution is 2.44. The van der Waals surface area contributed by atoms with Gasteiger partial charge in [-0.1, -0.05) is 81.6 Å². The number of hydrogen-bond acceptors (Lipinski definition) is 3. The Bertz CT molecular complexity index is 1150. The van der Waals surface area contributed by atoms with Crippen molar-refractivity contribution in [3.63, 3.8) is 0 Å². The number of phenolic OH excluding ortho intramolecular Hbond substituents is 1. The Kier molecular flexibility index (Phi) is 7.54. The standard InChI is InChI=1S/C28H28N2O3.C2H6/c31-23-17-15-22(16-18-23)28(29-26(32)21-11-5-2-6-12-21)25-14-8-7-13-24(25)27(33)30(28)19-20-9-3-1-4-10-20;1-2/h2,5-8,11-18,20,31H,1,3-4,9-10,19H2,(H,29,32);1-2H3. The molecule has 2 N–H and O–H groups in total. The topological polar surface area (TPSA) is 69.6 Å². The first-order valence-electron chi connectivity index (χ1n) is 12.7. The number of hydrogen-bond donors (Lipinski definition) is 2. The van der Waals surface area contributed by atoms with Crippen LogP contribution in [0.25, 0.3) is 0 Å². The summed E-state index contributed by atoms with van der Waals surface area (Å²) in [6.45, 7) is 4.57. The van der Waals surface area contributed by atoms with Crippen molar-refractivity contribution in [2.24, 2.45) is 5.92 Å². The molecule has 1 unspecified atom stereocenters.